The molecule has 0 unspecified atom stereocenters. The van der Waals surface area contributed by atoms with E-state index in [0.717, 1.165) is 31.9 Å². The highest BCUT2D eigenvalue weighted by Crippen LogP contribution is 2.33. The standard InChI is InChI=1S/C11H18N6O2/c1-11(5-3-2-4-6-11)15-9-8(17(18)19)7-13-10(14-9)16-12/h7H,2-6,12H2,1H3,(H2,13,14,15,16). The number of hydrogen-bond donors (Lipinski definition) is 3. The lowest BCUT2D eigenvalue weighted by Gasteiger charge is -2.34. The number of nitro groups is 1. The molecule has 1 aliphatic rings. The Balaban J connectivity index is 2.28. The van der Waals surface area contributed by atoms with Crippen molar-refractivity contribution < 1.29 is 4.92 Å². The molecule has 1 heterocycles. The summed E-state index contributed by atoms with van der Waals surface area (Å²) in [6.07, 6.45) is 6.54. The lowest BCUT2D eigenvalue weighted by Crippen LogP contribution is -2.37. The monoisotopic (exact) mass is 266 g/mol. The summed E-state index contributed by atoms with van der Waals surface area (Å²) < 4.78 is 0. The fourth-order valence-corrected chi connectivity index (χ4v) is 2.41. The molecule has 19 heavy (non-hydrogen) atoms. The zero-order valence-corrected chi connectivity index (χ0v) is 10.8. The summed E-state index contributed by atoms with van der Waals surface area (Å²) in [5.41, 5.74) is 2.00. The van der Waals surface area contributed by atoms with Gasteiger partial charge in [-0.15, -0.1) is 0 Å². The van der Waals surface area contributed by atoms with E-state index in [0.29, 0.717) is 0 Å². The summed E-state index contributed by atoms with van der Waals surface area (Å²) in [7, 11) is 0. The first-order chi connectivity index (χ1) is 9.04. The molecule has 104 valence electrons. The van der Waals surface area contributed by atoms with Gasteiger partial charge in [-0.1, -0.05) is 19.3 Å². The first-order valence-corrected chi connectivity index (χ1v) is 6.30. The van der Waals surface area contributed by atoms with Gasteiger partial charge in [-0.05, 0) is 19.8 Å². The van der Waals surface area contributed by atoms with Crippen LogP contribution < -0.4 is 16.6 Å². The highest BCUT2D eigenvalue weighted by molar-refractivity contribution is 5.58. The number of nitrogen functional groups attached to an aromatic ring is 1. The topological polar surface area (TPSA) is 119 Å². The minimum Gasteiger partial charge on any atom is -0.359 e. The van der Waals surface area contributed by atoms with Crippen LogP contribution in [0.1, 0.15) is 39.0 Å². The average molecular weight is 266 g/mol. The van der Waals surface area contributed by atoms with Crippen molar-refractivity contribution in [3.8, 4) is 0 Å². The molecule has 1 aromatic rings. The maximum Gasteiger partial charge on any atom is 0.329 e. The van der Waals surface area contributed by atoms with Crippen LogP contribution in [0, 0.1) is 10.1 Å². The molecular formula is C11H18N6O2. The van der Waals surface area contributed by atoms with Crippen LogP contribution in [-0.4, -0.2) is 20.4 Å². The molecule has 0 spiro atoms. The van der Waals surface area contributed by atoms with Crippen LogP contribution in [0.25, 0.3) is 0 Å². The van der Waals surface area contributed by atoms with Crippen LogP contribution in [0.2, 0.25) is 0 Å². The third kappa shape index (κ3) is 3.08. The Morgan fingerprint density at radius 2 is 2.11 bits per heavy atom. The minimum atomic E-state index is -0.491. The van der Waals surface area contributed by atoms with Gasteiger partial charge >= 0.3 is 5.69 Å². The maximum atomic E-state index is 11.0. The average Bonchev–Trinajstić information content (AvgIpc) is 2.38. The number of rotatable bonds is 4. The van der Waals surface area contributed by atoms with Gasteiger partial charge in [0.1, 0.15) is 6.20 Å². The number of hydrazine groups is 1. The van der Waals surface area contributed by atoms with Gasteiger partial charge in [0.25, 0.3) is 0 Å². The predicted molar refractivity (Wildman–Crippen MR) is 71.6 cm³/mol. The Bertz CT molecular complexity index is 472. The molecule has 0 bridgehead atoms. The molecule has 1 aliphatic carbocycles. The van der Waals surface area contributed by atoms with Crippen molar-refractivity contribution in [2.45, 2.75) is 44.6 Å². The third-order valence-electron chi connectivity index (χ3n) is 3.47. The van der Waals surface area contributed by atoms with Gasteiger partial charge in [-0.2, -0.15) is 4.98 Å². The van der Waals surface area contributed by atoms with Crippen molar-refractivity contribution in [1.82, 2.24) is 9.97 Å². The second-order valence-corrected chi connectivity index (χ2v) is 5.08. The summed E-state index contributed by atoms with van der Waals surface area (Å²) in [6, 6.07) is 0. The molecule has 1 fully saturated rings. The normalized spacial score (nSPS) is 17.8. The van der Waals surface area contributed by atoms with Crippen LogP contribution in [0.5, 0.6) is 0 Å². The highest BCUT2D eigenvalue weighted by Gasteiger charge is 2.30. The van der Waals surface area contributed by atoms with Crippen molar-refractivity contribution in [1.29, 1.82) is 0 Å². The quantitative estimate of drug-likeness (QED) is 0.432. The smallest absolute Gasteiger partial charge is 0.329 e. The molecule has 0 aliphatic heterocycles. The zero-order valence-electron chi connectivity index (χ0n) is 10.8. The molecule has 0 saturated heterocycles. The molecule has 8 nitrogen and oxygen atoms in total. The number of anilines is 2. The molecule has 0 amide bonds. The van der Waals surface area contributed by atoms with E-state index in [9.17, 15) is 10.1 Å². The van der Waals surface area contributed by atoms with Crippen molar-refractivity contribution in [2.75, 3.05) is 10.7 Å². The largest absolute Gasteiger partial charge is 0.359 e. The van der Waals surface area contributed by atoms with Crippen molar-refractivity contribution >= 4 is 17.5 Å². The lowest BCUT2D eigenvalue weighted by molar-refractivity contribution is -0.384. The molecule has 0 aromatic carbocycles. The molecule has 0 radical (unpaired) electrons. The van der Waals surface area contributed by atoms with E-state index < -0.39 is 4.92 Å². The summed E-state index contributed by atoms with van der Waals surface area (Å²) in [5.74, 6) is 5.62. The molecule has 2 rings (SSSR count). The predicted octanol–water partition coefficient (Wildman–Crippen LogP) is 1.81. The van der Waals surface area contributed by atoms with Crippen molar-refractivity contribution in [3.63, 3.8) is 0 Å². The van der Waals surface area contributed by atoms with E-state index in [1.807, 2.05) is 0 Å². The fraction of sp³-hybridized carbons (Fsp3) is 0.636. The van der Waals surface area contributed by atoms with Crippen LogP contribution in [0.4, 0.5) is 17.5 Å². The van der Waals surface area contributed by atoms with Crippen molar-refractivity contribution in [2.24, 2.45) is 5.84 Å². The second-order valence-electron chi connectivity index (χ2n) is 5.08. The van der Waals surface area contributed by atoms with Gasteiger partial charge in [-0.3, -0.25) is 15.5 Å². The molecule has 0 atom stereocenters. The minimum absolute atomic E-state index is 0.134. The Morgan fingerprint density at radius 1 is 1.42 bits per heavy atom. The summed E-state index contributed by atoms with van der Waals surface area (Å²) in [5, 5.41) is 14.2. The molecule has 1 aromatic heterocycles. The van der Waals surface area contributed by atoms with Gasteiger partial charge in [0.05, 0.1) is 4.92 Å². The van der Waals surface area contributed by atoms with E-state index in [1.165, 1.54) is 6.42 Å². The number of aromatic nitrogens is 2. The summed E-state index contributed by atoms with van der Waals surface area (Å²) >= 11 is 0. The van der Waals surface area contributed by atoms with Crippen LogP contribution >= 0.6 is 0 Å². The van der Waals surface area contributed by atoms with Gasteiger partial charge in [0.2, 0.25) is 11.8 Å². The lowest BCUT2D eigenvalue weighted by atomic mass is 9.83. The van der Waals surface area contributed by atoms with Gasteiger partial charge in [0, 0.05) is 5.54 Å². The molecule has 4 N–H and O–H groups in total. The Hall–Kier alpha value is -1.96. The van der Waals surface area contributed by atoms with Crippen LogP contribution in [0.15, 0.2) is 6.20 Å². The van der Waals surface area contributed by atoms with Gasteiger partial charge in [0.15, 0.2) is 0 Å². The highest BCUT2D eigenvalue weighted by atomic mass is 16.6. The molecule has 8 heteroatoms. The van der Waals surface area contributed by atoms with E-state index in [2.05, 4.69) is 27.6 Å². The molecule has 1 saturated carbocycles. The number of hydrogen-bond acceptors (Lipinski definition) is 7. The summed E-state index contributed by atoms with van der Waals surface area (Å²) in [6.45, 7) is 2.06. The summed E-state index contributed by atoms with van der Waals surface area (Å²) in [4.78, 5) is 18.3. The zero-order chi connectivity index (χ0) is 13.9. The first-order valence-electron chi connectivity index (χ1n) is 6.30. The first kappa shape index (κ1) is 13.5. The second kappa shape index (κ2) is 5.35. The van der Waals surface area contributed by atoms with Crippen LogP contribution in [0.3, 0.4) is 0 Å². The Labute approximate surface area is 110 Å². The van der Waals surface area contributed by atoms with Gasteiger partial charge in [-0.25, -0.2) is 10.8 Å². The van der Waals surface area contributed by atoms with Crippen LogP contribution in [-0.2, 0) is 0 Å². The number of nitrogens with two attached hydrogens (primary N) is 1. The maximum absolute atomic E-state index is 11.0. The SMILES string of the molecule is CC1(Nc2nc(NN)ncc2[N+](=O)[O-])CCCCC1. The Morgan fingerprint density at radius 3 is 2.68 bits per heavy atom. The number of nitrogens with zero attached hydrogens (tertiary/aromatic N) is 3. The fourth-order valence-electron chi connectivity index (χ4n) is 2.41. The molecular weight excluding hydrogens is 248 g/mol. The Kier molecular flexibility index (Phi) is 3.79. The third-order valence-corrected chi connectivity index (χ3v) is 3.47. The number of nitrogens with one attached hydrogen (secondary N) is 2. The van der Waals surface area contributed by atoms with Crippen molar-refractivity contribution in [3.05, 3.63) is 16.3 Å². The van der Waals surface area contributed by atoms with E-state index in [-0.39, 0.29) is 23.0 Å². The van der Waals surface area contributed by atoms with Gasteiger partial charge < -0.3 is 5.32 Å². The van der Waals surface area contributed by atoms with E-state index >= 15 is 0 Å². The van der Waals surface area contributed by atoms with E-state index in [1.54, 1.807) is 0 Å². The van der Waals surface area contributed by atoms with E-state index in [4.69, 9.17) is 5.84 Å².